The number of aromatic nitrogens is 1. The van der Waals surface area contributed by atoms with Gasteiger partial charge in [-0.3, -0.25) is 0 Å². The van der Waals surface area contributed by atoms with Gasteiger partial charge in [0.25, 0.3) is 0 Å². The normalized spacial score (nSPS) is 10.8. The predicted octanol–water partition coefficient (Wildman–Crippen LogP) is 4.66. The first kappa shape index (κ1) is 12.8. The van der Waals surface area contributed by atoms with Gasteiger partial charge in [-0.2, -0.15) is 0 Å². The molecule has 20 heavy (non-hydrogen) atoms. The molecule has 0 spiro atoms. The summed E-state index contributed by atoms with van der Waals surface area (Å²) < 4.78 is 2.31. The second-order valence-electron chi connectivity index (χ2n) is 5.11. The SMILES string of the molecule is CCCn1cccc1CNc1ccc2ccccc2c1. The van der Waals surface area contributed by atoms with Crippen molar-refractivity contribution in [3.63, 3.8) is 0 Å². The Morgan fingerprint density at radius 2 is 1.80 bits per heavy atom. The maximum atomic E-state index is 3.52. The van der Waals surface area contributed by atoms with Gasteiger partial charge in [0.15, 0.2) is 0 Å². The average Bonchev–Trinajstić information content (AvgIpc) is 2.93. The highest BCUT2D eigenvalue weighted by Gasteiger charge is 2.00. The second-order valence-corrected chi connectivity index (χ2v) is 5.11. The van der Waals surface area contributed by atoms with Crippen LogP contribution in [0.4, 0.5) is 5.69 Å². The van der Waals surface area contributed by atoms with Gasteiger partial charge in [0.2, 0.25) is 0 Å². The first-order chi connectivity index (χ1) is 9.86. The van der Waals surface area contributed by atoms with Crippen LogP contribution in [-0.2, 0) is 13.1 Å². The number of hydrogen-bond donors (Lipinski definition) is 1. The topological polar surface area (TPSA) is 17.0 Å². The van der Waals surface area contributed by atoms with Crippen LogP contribution in [0.15, 0.2) is 60.8 Å². The quantitative estimate of drug-likeness (QED) is 0.709. The minimum Gasteiger partial charge on any atom is -0.379 e. The lowest BCUT2D eigenvalue weighted by molar-refractivity contribution is 0.654. The fraction of sp³-hybridized carbons (Fsp3) is 0.222. The van der Waals surface area contributed by atoms with Gasteiger partial charge < -0.3 is 9.88 Å². The molecule has 0 amide bonds. The van der Waals surface area contributed by atoms with Crippen LogP contribution in [0.1, 0.15) is 19.0 Å². The van der Waals surface area contributed by atoms with Crippen molar-refractivity contribution in [1.29, 1.82) is 0 Å². The molecule has 3 rings (SSSR count). The first-order valence-corrected chi connectivity index (χ1v) is 7.23. The Hall–Kier alpha value is -2.22. The van der Waals surface area contributed by atoms with Gasteiger partial charge in [0, 0.05) is 24.1 Å². The lowest BCUT2D eigenvalue weighted by atomic mass is 10.1. The zero-order valence-electron chi connectivity index (χ0n) is 11.8. The Morgan fingerprint density at radius 3 is 2.65 bits per heavy atom. The molecule has 0 atom stereocenters. The van der Waals surface area contributed by atoms with E-state index in [1.807, 2.05) is 0 Å². The van der Waals surface area contributed by atoms with Crippen LogP contribution in [0, 0.1) is 0 Å². The second kappa shape index (κ2) is 5.83. The number of anilines is 1. The van der Waals surface area contributed by atoms with Crippen LogP contribution < -0.4 is 5.32 Å². The predicted molar refractivity (Wildman–Crippen MR) is 86.0 cm³/mol. The summed E-state index contributed by atoms with van der Waals surface area (Å²) in [5, 5.41) is 6.08. The van der Waals surface area contributed by atoms with E-state index >= 15 is 0 Å². The van der Waals surface area contributed by atoms with E-state index in [4.69, 9.17) is 0 Å². The molecule has 0 aliphatic heterocycles. The van der Waals surface area contributed by atoms with Crippen LogP contribution in [0.5, 0.6) is 0 Å². The van der Waals surface area contributed by atoms with Gasteiger partial charge >= 0.3 is 0 Å². The minimum atomic E-state index is 0.866. The molecule has 2 aromatic carbocycles. The highest BCUT2D eigenvalue weighted by Crippen LogP contribution is 2.19. The smallest absolute Gasteiger partial charge is 0.0553 e. The van der Waals surface area contributed by atoms with Crippen LogP contribution in [0.3, 0.4) is 0 Å². The molecule has 1 aromatic heterocycles. The van der Waals surface area contributed by atoms with Crippen molar-refractivity contribution in [3.8, 4) is 0 Å². The average molecular weight is 264 g/mol. The monoisotopic (exact) mass is 264 g/mol. The lowest BCUT2D eigenvalue weighted by Gasteiger charge is -2.11. The number of aryl methyl sites for hydroxylation is 1. The number of nitrogens with one attached hydrogen (secondary N) is 1. The largest absolute Gasteiger partial charge is 0.379 e. The Morgan fingerprint density at radius 1 is 0.950 bits per heavy atom. The summed E-state index contributed by atoms with van der Waals surface area (Å²) >= 11 is 0. The Balaban J connectivity index is 1.74. The minimum absolute atomic E-state index is 0.866. The lowest BCUT2D eigenvalue weighted by Crippen LogP contribution is -2.06. The zero-order valence-corrected chi connectivity index (χ0v) is 11.8. The molecule has 3 aromatic rings. The van der Waals surface area contributed by atoms with Crippen LogP contribution in [0.2, 0.25) is 0 Å². The zero-order chi connectivity index (χ0) is 13.8. The molecule has 0 fully saturated rings. The molecule has 1 N–H and O–H groups in total. The van der Waals surface area contributed by atoms with Gasteiger partial charge in [-0.05, 0) is 41.5 Å². The molecule has 0 saturated carbocycles. The fourth-order valence-corrected chi connectivity index (χ4v) is 2.56. The van der Waals surface area contributed by atoms with E-state index in [2.05, 4.69) is 77.6 Å². The van der Waals surface area contributed by atoms with E-state index < -0.39 is 0 Å². The maximum absolute atomic E-state index is 3.52. The van der Waals surface area contributed by atoms with Crippen molar-refractivity contribution in [1.82, 2.24) is 4.57 Å². The third-order valence-electron chi connectivity index (χ3n) is 3.61. The van der Waals surface area contributed by atoms with Gasteiger partial charge in [0.1, 0.15) is 0 Å². The molecule has 0 bridgehead atoms. The molecule has 1 heterocycles. The summed E-state index contributed by atoms with van der Waals surface area (Å²) in [6, 6.07) is 19.3. The van der Waals surface area contributed by atoms with E-state index in [-0.39, 0.29) is 0 Å². The summed E-state index contributed by atoms with van der Waals surface area (Å²) in [6.45, 7) is 4.16. The van der Waals surface area contributed by atoms with Crippen molar-refractivity contribution < 1.29 is 0 Å². The van der Waals surface area contributed by atoms with Crippen molar-refractivity contribution >= 4 is 16.5 Å². The molecule has 0 radical (unpaired) electrons. The summed E-state index contributed by atoms with van der Waals surface area (Å²) in [5.74, 6) is 0. The van der Waals surface area contributed by atoms with Gasteiger partial charge in [-0.1, -0.05) is 37.3 Å². The van der Waals surface area contributed by atoms with Crippen LogP contribution in [0.25, 0.3) is 10.8 Å². The molecule has 2 heteroatoms. The first-order valence-electron chi connectivity index (χ1n) is 7.23. The van der Waals surface area contributed by atoms with Gasteiger partial charge in [0.05, 0.1) is 6.54 Å². The molecule has 0 aliphatic rings. The highest BCUT2D eigenvalue weighted by molar-refractivity contribution is 5.85. The van der Waals surface area contributed by atoms with Crippen molar-refractivity contribution in [2.24, 2.45) is 0 Å². The van der Waals surface area contributed by atoms with Crippen molar-refractivity contribution in [3.05, 3.63) is 66.5 Å². The summed E-state index contributed by atoms with van der Waals surface area (Å²) in [7, 11) is 0. The standard InChI is InChI=1S/C18H20N2/c1-2-11-20-12-5-8-18(20)14-19-17-10-9-15-6-3-4-7-16(15)13-17/h3-10,12-13,19H,2,11,14H2,1H3. The number of benzene rings is 2. The van der Waals surface area contributed by atoms with E-state index in [0.717, 1.165) is 19.5 Å². The van der Waals surface area contributed by atoms with E-state index in [9.17, 15) is 0 Å². The van der Waals surface area contributed by atoms with E-state index in [0.29, 0.717) is 0 Å². The van der Waals surface area contributed by atoms with Crippen molar-refractivity contribution in [2.45, 2.75) is 26.4 Å². The highest BCUT2D eigenvalue weighted by atomic mass is 15.0. The summed E-state index contributed by atoms with van der Waals surface area (Å²) in [5.41, 5.74) is 2.51. The third-order valence-corrected chi connectivity index (χ3v) is 3.61. The summed E-state index contributed by atoms with van der Waals surface area (Å²) in [6.07, 6.45) is 3.32. The van der Waals surface area contributed by atoms with E-state index in [1.54, 1.807) is 0 Å². The van der Waals surface area contributed by atoms with E-state index in [1.165, 1.54) is 22.2 Å². The molecule has 0 aliphatic carbocycles. The summed E-state index contributed by atoms with van der Waals surface area (Å²) in [4.78, 5) is 0. The fourth-order valence-electron chi connectivity index (χ4n) is 2.56. The number of rotatable bonds is 5. The molecule has 0 saturated heterocycles. The Bertz CT molecular complexity index is 697. The van der Waals surface area contributed by atoms with Gasteiger partial charge in [-0.15, -0.1) is 0 Å². The number of hydrogen-bond acceptors (Lipinski definition) is 1. The third kappa shape index (κ3) is 2.69. The molecule has 0 unspecified atom stereocenters. The molecule has 2 nitrogen and oxygen atoms in total. The molecular formula is C18H20N2. The Labute approximate surface area is 120 Å². The van der Waals surface area contributed by atoms with Crippen LogP contribution >= 0.6 is 0 Å². The van der Waals surface area contributed by atoms with Gasteiger partial charge in [-0.25, -0.2) is 0 Å². The van der Waals surface area contributed by atoms with Crippen LogP contribution in [-0.4, -0.2) is 4.57 Å². The van der Waals surface area contributed by atoms with Crippen molar-refractivity contribution in [2.75, 3.05) is 5.32 Å². The Kier molecular flexibility index (Phi) is 3.73. The molecular weight excluding hydrogens is 244 g/mol. The number of nitrogens with zero attached hydrogens (tertiary/aromatic N) is 1. The molecule has 102 valence electrons. The number of fused-ring (bicyclic) bond motifs is 1. The maximum Gasteiger partial charge on any atom is 0.0553 e.